The van der Waals surface area contributed by atoms with Gasteiger partial charge < -0.3 is 10.1 Å². The normalized spacial score (nSPS) is 12.3. The highest BCUT2D eigenvalue weighted by Gasteiger charge is 2.28. The van der Waals surface area contributed by atoms with E-state index in [1.807, 2.05) is 19.1 Å². The first kappa shape index (κ1) is 16.4. The smallest absolute Gasteiger partial charge is 0.333 e. The van der Waals surface area contributed by atoms with Crippen LogP contribution in [-0.2, 0) is 4.79 Å². The zero-order valence-electron chi connectivity index (χ0n) is 13.7. The van der Waals surface area contributed by atoms with Crippen molar-refractivity contribution in [3.63, 3.8) is 0 Å². The van der Waals surface area contributed by atoms with Gasteiger partial charge in [0.1, 0.15) is 0 Å². The van der Waals surface area contributed by atoms with Gasteiger partial charge in [-0.05, 0) is 42.8 Å². The third-order valence-electron chi connectivity index (χ3n) is 4.46. The minimum Gasteiger partial charge on any atom is -0.479 e. The average molecular weight is 409 g/mol. The molecule has 1 atom stereocenters. The van der Waals surface area contributed by atoms with Crippen LogP contribution < -0.4 is 0 Å². The van der Waals surface area contributed by atoms with E-state index in [9.17, 15) is 9.90 Å². The number of carbonyl (C=O) groups is 1. The van der Waals surface area contributed by atoms with E-state index in [1.54, 1.807) is 30.6 Å². The van der Waals surface area contributed by atoms with E-state index in [1.165, 1.54) is 4.68 Å². The maximum Gasteiger partial charge on any atom is 0.333 e. The van der Waals surface area contributed by atoms with E-state index < -0.39 is 12.0 Å². The molecule has 4 rings (SSSR count). The van der Waals surface area contributed by atoms with E-state index in [4.69, 9.17) is 5.26 Å². The van der Waals surface area contributed by atoms with E-state index >= 15 is 0 Å². The predicted octanol–water partition coefficient (Wildman–Crippen LogP) is 4.13. The molecule has 0 fully saturated rings. The molecule has 0 saturated carbocycles. The van der Waals surface area contributed by atoms with Gasteiger partial charge in [-0.15, -0.1) is 0 Å². The first-order valence-electron chi connectivity index (χ1n) is 7.87. The van der Waals surface area contributed by atoms with Crippen LogP contribution in [0.2, 0.25) is 0 Å². The van der Waals surface area contributed by atoms with Gasteiger partial charge in [-0.25, -0.2) is 4.79 Å². The molecule has 0 aliphatic carbocycles. The Bertz CT molecular complexity index is 1220. The van der Waals surface area contributed by atoms with Gasteiger partial charge in [-0.2, -0.15) is 10.4 Å². The summed E-state index contributed by atoms with van der Waals surface area (Å²) in [5.74, 6) is -1.01. The van der Waals surface area contributed by atoms with E-state index in [0.717, 1.165) is 21.9 Å². The van der Waals surface area contributed by atoms with E-state index in [0.29, 0.717) is 21.1 Å². The SMILES string of the molecule is Cc1cc(Br)c(C(C(=O)O)n2cc3ccc(C#N)cc3n2)c2cc[nH]c12. The van der Waals surface area contributed by atoms with Crippen molar-refractivity contribution in [1.29, 1.82) is 5.26 Å². The summed E-state index contributed by atoms with van der Waals surface area (Å²) < 4.78 is 2.16. The first-order valence-corrected chi connectivity index (χ1v) is 8.67. The van der Waals surface area contributed by atoms with Gasteiger partial charge in [0.05, 0.1) is 17.1 Å². The number of aryl methyl sites for hydroxylation is 1. The Morgan fingerprint density at radius 2 is 2.19 bits per heavy atom. The number of halogens is 1. The molecule has 1 unspecified atom stereocenters. The molecule has 2 aromatic carbocycles. The minimum absolute atomic E-state index is 0.485. The molecule has 0 aliphatic heterocycles. The molecule has 0 aliphatic rings. The number of rotatable bonds is 3. The molecule has 4 aromatic rings. The second kappa shape index (κ2) is 6.00. The lowest BCUT2D eigenvalue weighted by Crippen LogP contribution is -2.21. The van der Waals surface area contributed by atoms with Crippen LogP contribution in [0.4, 0.5) is 0 Å². The molecule has 0 radical (unpaired) electrons. The standard InChI is InChI=1S/C19H13BrN4O2/c1-10-6-14(20)16(13-4-5-22-17(10)13)18(19(25)26)24-9-12-3-2-11(8-21)7-15(12)23-24/h2-7,9,18,22H,1H3,(H,25,26). The Balaban J connectivity index is 1.97. The first-order chi connectivity index (χ1) is 12.5. The topological polar surface area (TPSA) is 94.7 Å². The lowest BCUT2D eigenvalue weighted by molar-refractivity contribution is -0.139. The molecule has 7 heteroatoms. The molecule has 0 saturated heterocycles. The number of aromatic nitrogens is 3. The van der Waals surface area contributed by atoms with Crippen molar-refractivity contribution in [3.8, 4) is 6.07 Å². The summed E-state index contributed by atoms with van der Waals surface area (Å²) in [6.07, 6.45) is 3.49. The average Bonchev–Trinajstić information content (AvgIpc) is 3.24. The van der Waals surface area contributed by atoms with Gasteiger partial charge in [-0.3, -0.25) is 4.68 Å². The van der Waals surface area contributed by atoms with Crippen LogP contribution in [0.1, 0.15) is 22.7 Å². The highest BCUT2D eigenvalue weighted by atomic mass is 79.9. The summed E-state index contributed by atoms with van der Waals surface area (Å²) in [6.45, 7) is 1.97. The van der Waals surface area contributed by atoms with Crippen LogP contribution in [0.15, 0.2) is 47.2 Å². The summed E-state index contributed by atoms with van der Waals surface area (Å²) >= 11 is 3.52. The van der Waals surface area contributed by atoms with Crippen LogP contribution in [0.25, 0.3) is 21.8 Å². The van der Waals surface area contributed by atoms with Crippen molar-refractivity contribution < 1.29 is 9.90 Å². The summed E-state index contributed by atoms with van der Waals surface area (Å²) in [5, 5.41) is 25.0. The maximum atomic E-state index is 12.2. The molecular formula is C19H13BrN4O2. The maximum absolute atomic E-state index is 12.2. The Labute approximate surface area is 156 Å². The lowest BCUT2D eigenvalue weighted by atomic mass is 10.00. The van der Waals surface area contributed by atoms with Crippen molar-refractivity contribution in [2.75, 3.05) is 0 Å². The van der Waals surface area contributed by atoms with Crippen LogP contribution in [0.5, 0.6) is 0 Å². The van der Waals surface area contributed by atoms with Crippen LogP contribution in [0, 0.1) is 18.3 Å². The number of fused-ring (bicyclic) bond motifs is 2. The van der Waals surface area contributed by atoms with Gasteiger partial charge in [0.2, 0.25) is 0 Å². The number of nitrogens with zero attached hydrogens (tertiary/aromatic N) is 3. The van der Waals surface area contributed by atoms with Gasteiger partial charge in [-0.1, -0.05) is 15.9 Å². The van der Waals surface area contributed by atoms with Crippen molar-refractivity contribution in [3.05, 3.63) is 63.9 Å². The van der Waals surface area contributed by atoms with Gasteiger partial charge >= 0.3 is 5.97 Å². The Morgan fingerprint density at radius 3 is 2.92 bits per heavy atom. The van der Waals surface area contributed by atoms with Gasteiger partial charge in [0.25, 0.3) is 0 Å². The second-order valence-corrected chi connectivity index (χ2v) is 6.94. The molecule has 0 amide bonds. The Kier molecular flexibility index (Phi) is 3.78. The molecule has 2 heterocycles. The number of aliphatic carboxylic acids is 1. The summed E-state index contributed by atoms with van der Waals surface area (Å²) in [6, 6.07) is 9.96. The predicted molar refractivity (Wildman–Crippen MR) is 101 cm³/mol. The molecule has 0 spiro atoms. The molecule has 6 nitrogen and oxygen atoms in total. The zero-order valence-corrected chi connectivity index (χ0v) is 15.3. The molecule has 26 heavy (non-hydrogen) atoms. The quantitative estimate of drug-likeness (QED) is 0.532. The number of carboxylic acids is 1. The fourth-order valence-corrected chi connectivity index (χ4v) is 4.05. The largest absolute Gasteiger partial charge is 0.479 e. The highest BCUT2D eigenvalue weighted by Crippen LogP contribution is 2.35. The third kappa shape index (κ3) is 2.47. The van der Waals surface area contributed by atoms with Gasteiger partial charge in [0.15, 0.2) is 6.04 Å². The van der Waals surface area contributed by atoms with E-state index in [-0.39, 0.29) is 0 Å². The molecule has 2 N–H and O–H groups in total. The number of nitrogens with one attached hydrogen (secondary N) is 1. The van der Waals surface area contributed by atoms with E-state index in [2.05, 4.69) is 32.1 Å². The van der Waals surface area contributed by atoms with Crippen molar-refractivity contribution in [2.24, 2.45) is 0 Å². The summed E-state index contributed by atoms with van der Waals surface area (Å²) in [7, 11) is 0. The zero-order chi connectivity index (χ0) is 18.4. The monoisotopic (exact) mass is 408 g/mol. The molecule has 0 bridgehead atoms. The lowest BCUT2D eigenvalue weighted by Gasteiger charge is -2.17. The van der Waals surface area contributed by atoms with Crippen molar-refractivity contribution >= 4 is 43.7 Å². The fourth-order valence-electron chi connectivity index (χ4n) is 3.27. The number of aromatic amines is 1. The van der Waals surface area contributed by atoms with Crippen LogP contribution >= 0.6 is 15.9 Å². The third-order valence-corrected chi connectivity index (χ3v) is 5.11. The van der Waals surface area contributed by atoms with Crippen molar-refractivity contribution in [2.45, 2.75) is 13.0 Å². The highest BCUT2D eigenvalue weighted by molar-refractivity contribution is 9.10. The number of hydrogen-bond acceptors (Lipinski definition) is 3. The fraction of sp³-hybridized carbons (Fsp3) is 0.105. The number of H-pyrrole nitrogens is 1. The van der Waals surface area contributed by atoms with Crippen molar-refractivity contribution in [1.82, 2.24) is 14.8 Å². The molecular weight excluding hydrogens is 396 g/mol. The number of carboxylic acid groups (broad SMARTS) is 1. The summed E-state index contributed by atoms with van der Waals surface area (Å²) in [5.41, 5.74) is 3.63. The second-order valence-electron chi connectivity index (χ2n) is 6.09. The summed E-state index contributed by atoms with van der Waals surface area (Å²) in [4.78, 5) is 15.3. The Hall–Kier alpha value is -3.11. The van der Waals surface area contributed by atoms with Gasteiger partial charge in [0, 0.05) is 38.7 Å². The van der Waals surface area contributed by atoms with Crippen LogP contribution in [-0.4, -0.2) is 25.8 Å². The Morgan fingerprint density at radius 1 is 1.38 bits per heavy atom. The number of nitriles is 1. The number of hydrogen-bond donors (Lipinski definition) is 2. The number of benzene rings is 2. The molecule has 2 aromatic heterocycles. The van der Waals surface area contributed by atoms with Crippen LogP contribution in [0.3, 0.4) is 0 Å². The minimum atomic E-state index is -1.01. The molecule has 128 valence electrons.